The van der Waals surface area contributed by atoms with Crippen LogP contribution in [-0.2, 0) is 6.54 Å². The molecule has 0 aliphatic heterocycles. The molecule has 2 aromatic carbocycles. The lowest BCUT2D eigenvalue weighted by atomic mass is 10.1. The van der Waals surface area contributed by atoms with Crippen LogP contribution in [-0.4, -0.2) is 10.2 Å². The largest absolute Gasteiger partial charge is 0.508 e. The Labute approximate surface area is 107 Å². The van der Waals surface area contributed by atoms with E-state index in [4.69, 9.17) is 0 Å². The molecule has 2 aromatic rings. The standard InChI is InChI=1S/C15H17NO2/c1-11(17)12-6-8-14(9-7-12)16-10-13-4-2-3-5-15(13)18/h2-9,11,16-18H,10H2,1H3. The summed E-state index contributed by atoms with van der Waals surface area (Å²) in [7, 11) is 0. The average Bonchev–Trinajstić information content (AvgIpc) is 2.38. The maximum absolute atomic E-state index is 9.63. The number of aliphatic hydroxyl groups is 1. The van der Waals surface area contributed by atoms with E-state index in [2.05, 4.69) is 5.32 Å². The quantitative estimate of drug-likeness (QED) is 0.773. The van der Waals surface area contributed by atoms with Gasteiger partial charge in [-0.2, -0.15) is 0 Å². The summed E-state index contributed by atoms with van der Waals surface area (Å²) in [6, 6.07) is 14.9. The summed E-state index contributed by atoms with van der Waals surface area (Å²) < 4.78 is 0. The molecule has 94 valence electrons. The van der Waals surface area contributed by atoms with E-state index >= 15 is 0 Å². The van der Waals surface area contributed by atoms with Crippen molar-refractivity contribution in [1.29, 1.82) is 0 Å². The molecule has 0 aliphatic rings. The molecular weight excluding hydrogens is 226 g/mol. The molecule has 0 heterocycles. The minimum atomic E-state index is -0.447. The van der Waals surface area contributed by atoms with E-state index in [9.17, 15) is 10.2 Å². The van der Waals surface area contributed by atoms with Crippen molar-refractivity contribution in [2.45, 2.75) is 19.6 Å². The minimum Gasteiger partial charge on any atom is -0.508 e. The summed E-state index contributed by atoms with van der Waals surface area (Å²) in [6.45, 7) is 2.31. The van der Waals surface area contributed by atoms with Gasteiger partial charge in [0.1, 0.15) is 5.75 Å². The molecular formula is C15H17NO2. The van der Waals surface area contributed by atoms with Crippen molar-refractivity contribution in [2.24, 2.45) is 0 Å². The third kappa shape index (κ3) is 3.02. The highest BCUT2D eigenvalue weighted by Crippen LogP contribution is 2.19. The summed E-state index contributed by atoms with van der Waals surface area (Å²) in [6.07, 6.45) is -0.447. The molecule has 0 aliphatic carbocycles. The third-order valence-corrected chi connectivity index (χ3v) is 2.87. The van der Waals surface area contributed by atoms with E-state index < -0.39 is 6.10 Å². The van der Waals surface area contributed by atoms with Crippen molar-refractivity contribution in [3.8, 4) is 5.75 Å². The van der Waals surface area contributed by atoms with Crippen LogP contribution >= 0.6 is 0 Å². The van der Waals surface area contributed by atoms with E-state index in [0.717, 1.165) is 16.8 Å². The lowest BCUT2D eigenvalue weighted by Crippen LogP contribution is -2.00. The molecule has 3 heteroatoms. The normalized spacial score (nSPS) is 12.1. The maximum atomic E-state index is 9.63. The maximum Gasteiger partial charge on any atom is 0.120 e. The Hall–Kier alpha value is -2.00. The van der Waals surface area contributed by atoms with Crippen LogP contribution in [0.2, 0.25) is 0 Å². The number of nitrogens with one attached hydrogen (secondary N) is 1. The first-order chi connectivity index (χ1) is 8.66. The van der Waals surface area contributed by atoms with Crippen LogP contribution < -0.4 is 5.32 Å². The zero-order valence-electron chi connectivity index (χ0n) is 10.3. The molecule has 0 aromatic heterocycles. The van der Waals surface area contributed by atoms with Crippen LogP contribution in [0.15, 0.2) is 48.5 Å². The number of benzene rings is 2. The molecule has 1 unspecified atom stereocenters. The zero-order valence-corrected chi connectivity index (χ0v) is 10.3. The molecule has 0 saturated heterocycles. The second-order valence-electron chi connectivity index (χ2n) is 4.28. The number of phenols is 1. The molecule has 0 saturated carbocycles. The Kier molecular flexibility index (Phi) is 3.85. The second-order valence-corrected chi connectivity index (χ2v) is 4.28. The monoisotopic (exact) mass is 243 g/mol. The fraction of sp³-hybridized carbons (Fsp3) is 0.200. The minimum absolute atomic E-state index is 0.297. The summed E-state index contributed by atoms with van der Waals surface area (Å²) in [4.78, 5) is 0. The number of rotatable bonds is 4. The Bertz CT molecular complexity index is 506. The number of aliphatic hydroxyl groups excluding tert-OH is 1. The Morgan fingerprint density at radius 2 is 1.72 bits per heavy atom. The van der Waals surface area contributed by atoms with Gasteiger partial charge < -0.3 is 15.5 Å². The van der Waals surface area contributed by atoms with E-state index in [1.807, 2.05) is 36.4 Å². The zero-order chi connectivity index (χ0) is 13.0. The number of para-hydroxylation sites is 1. The van der Waals surface area contributed by atoms with Crippen molar-refractivity contribution in [1.82, 2.24) is 0 Å². The van der Waals surface area contributed by atoms with Crippen molar-refractivity contribution < 1.29 is 10.2 Å². The van der Waals surface area contributed by atoms with Gasteiger partial charge in [0.05, 0.1) is 6.10 Å². The smallest absolute Gasteiger partial charge is 0.120 e. The SMILES string of the molecule is CC(O)c1ccc(NCc2ccccc2O)cc1. The van der Waals surface area contributed by atoms with Crippen LogP contribution in [0, 0.1) is 0 Å². The van der Waals surface area contributed by atoms with Gasteiger partial charge in [0, 0.05) is 17.8 Å². The van der Waals surface area contributed by atoms with Gasteiger partial charge >= 0.3 is 0 Å². The molecule has 0 radical (unpaired) electrons. The predicted molar refractivity (Wildman–Crippen MR) is 72.5 cm³/mol. The first kappa shape index (κ1) is 12.5. The van der Waals surface area contributed by atoms with Crippen molar-refractivity contribution >= 4 is 5.69 Å². The molecule has 0 amide bonds. The first-order valence-electron chi connectivity index (χ1n) is 5.95. The van der Waals surface area contributed by atoms with Gasteiger partial charge in [-0.15, -0.1) is 0 Å². The Morgan fingerprint density at radius 3 is 2.33 bits per heavy atom. The van der Waals surface area contributed by atoms with Crippen LogP contribution in [0.1, 0.15) is 24.2 Å². The summed E-state index contributed by atoms with van der Waals surface area (Å²) in [5.74, 6) is 0.297. The molecule has 3 nitrogen and oxygen atoms in total. The Morgan fingerprint density at radius 1 is 1.06 bits per heavy atom. The topological polar surface area (TPSA) is 52.5 Å². The highest BCUT2D eigenvalue weighted by molar-refractivity contribution is 5.46. The average molecular weight is 243 g/mol. The van der Waals surface area contributed by atoms with E-state index in [1.165, 1.54) is 0 Å². The number of hydrogen-bond acceptors (Lipinski definition) is 3. The molecule has 0 bridgehead atoms. The fourth-order valence-corrected chi connectivity index (χ4v) is 1.74. The van der Waals surface area contributed by atoms with Gasteiger partial charge in [0.2, 0.25) is 0 Å². The highest BCUT2D eigenvalue weighted by Gasteiger charge is 2.01. The fourth-order valence-electron chi connectivity index (χ4n) is 1.74. The molecule has 1 atom stereocenters. The lowest BCUT2D eigenvalue weighted by Gasteiger charge is -2.09. The number of aromatic hydroxyl groups is 1. The molecule has 18 heavy (non-hydrogen) atoms. The van der Waals surface area contributed by atoms with Gasteiger partial charge in [0.15, 0.2) is 0 Å². The molecule has 3 N–H and O–H groups in total. The van der Waals surface area contributed by atoms with Gasteiger partial charge in [-0.25, -0.2) is 0 Å². The van der Waals surface area contributed by atoms with E-state index in [-0.39, 0.29) is 0 Å². The van der Waals surface area contributed by atoms with Crippen LogP contribution in [0.4, 0.5) is 5.69 Å². The van der Waals surface area contributed by atoms with E-state index in [0.29, 0.717) is 12.3 Å². The summed E-state index contributed by atoms with van der Waals surface area (Å²) in [5.41, 5.74) is 2.71. The van der Waals surface area contributed by atoms with Gasteiger partial charge in [-0.1, -0.05) is 30.3 Å². The summed E-state index contributed by atoms with van der Waals surface area (Å²) in [5, 5.41) is 22.3. The van der Waals surface area contributed by atoms with Gasteiger partial charge in [-0.3, -0.25) is 0 Å². The number of phenolic OH excluding ortho intramolecular Hbond substituents is 1. The van der Waals surface area contributed by atoms with Crippen LogP contribution in [0.5, 0.6) is 5.75 Å². The molecule has 2 rings (SSSR count). The second kappa shape index (κ2) is 5.56. The molecule has 0 spiro atoms. The third-order valence-electron chi connectivity index (χ3n) is 2.87. The number of anilines is 1. The van der Waals surface area contributed by atoms with Crippen molar-refractivity contribution in [2.75, 3.05) is 5.32 Å². The van der Waals surface area contributed by atoms with Crippen molar-refractivity contribution in [3.63, 3.8) is 0 Å². The lowest BCUT2D eigenvalue weighted by molar-refractivity contribution is 0.199. The molecule has 0 fully saturated rings. The van der Waals surface area contributed by atoms with E-state index in [1.54, 1.807) is 19.1 Å². The van der Waals surface area contributed by atoms with Crippen LogP contribution in [0.25, 0.3) is 0 Å². The van der Waals surface area contributed by atoms with Gasteiger partial charge in [-0.05, 0) is 30.7 Å². The predicted octanol–water partition coefficient (Wildman–Crippen LogP) is 3.06. The highest BCUT2D eigenvalue weighted by atomic mass is 16.3. The number of hydrogen-bond donors (Lipinski definition) is 3. The van der Waals surface area contributed by atoms with Gasteiger partial charge in [0.25, 0.3) is 0 Å². The van der Waals surface area contributed by atoms with Crippen molar-refractivity contribution in [3.05, 3.63) is 59.7 Å². The first-order valence-corrected chi connectivity index (χ1v) is 5.95. The Balaban J connectivity index is 2.00. The summed E-state index contributed by atoms with van der Waals surface area (Å²) >= 11 is 0. The van der Waals surface area contributed by atoms with Crippen LogP contribution in [0.3, 0.4) is 0 Å².